The zero-order chi connectivity index (χ0) is 10.0. The lowest BCUT2D eigenvalue weighted by molar-refractivity contribution is 0.101. The van der Waals surface area contributed by atoms with E-state index >= 15 is 0 Å². The molecule has 0 N–H and O–H groups in total. The minimum Gasteiger partial charge on any atom is -0.294 e. The zero-order valence-electron chi connectivity index (χ0n) is 8.35. The van der Waals surface area contributed by atoms with Crippen LogP contribution in [0, 0.1) is 6.92 Å². The van der Waals surface area contributed by atoms with Crippen molar-refractivity contribution in [2.75, 3.05) is 0 Å². The van der Waals surface area contributed by atoms with Crippen LogP contribution >= 0.6 is 0 Å². The van der Waals surface area contributed by atoms with Crippen molar-refractivity contribution in [2.24, 2.45) is 0 Å². The molecule has 0 fully saturated rings. The first-order chi connectivity index (χ1) is 6.02. The topological polar surface area (TPSA) is 17.1 Å². The third-order valence-electron chi connectivity index (χ3n) is 2.01. The summed E-state index contributed by atoms with van der Waals surface area (Å²) in [6.45, 7) is 9.33. The molecular formula is C12H14O. The number of carbonyl (C=O) groups excluding carboxylic acids is 1. The molecule has 0 aliphatic carbocycles. The Morgan fingerprint density at radius 3 is 2.31 bits per heavy atom. The van der Waals surface area contributed by atoms with Crippen molar-refractivity contribution in [1.29, 1.82) is 0 Å². The SMILES string of the molecule is C=C(C)c1ccc(C)cc1C(C)=O. The van der Waals surface area contributed by atoms with Gasteiger partial charge in [0.2, 0.25) is 0 Å². The number of rotatable bonds is 2. The summed E-state index contributed by atoms with van der Waals surface area (Å²) in [7, 11) is 0. The fourth-order valence-electron chi connectivity index (χ4n) is 1.32. The molecule has 0 bridgehead atoms. The van der Waals surface area contributed by atoms with Crippen LogP contribution in [0.1, 0.15) is 35.3 Å². The molecule has 13 heavy (non-hydrogen) atoms. The van der Waals surface area contributed by atoms with E-state index in [1.165, 1.54) is 0 Å². The minimum absolute atomic E-state index is 0.0988. The van der Waals surface area contributed by atoms with Crippen LogP contribution < -0.4 is 0 Å². The number of benzene rings is 1. The van der Waals surface area contributed by atoms with Crippen molar-refractivity contribution in [3.8, 4) is 0 Å². The van der Waals surface area contributed by atoms with E-state index in [0.29, 0.717) is 0 Å². The van der Waals surface area contributed by atoms with E-state index in [4.69, 9.17) is 0 Å². The lowest BCUT2D eigenvalue weighted by Gasteiger charge is -2.06. The fraction of sp³-hybridized carbons (Fsp3) is 0.250. The maximum atomic E-state index is 11.3. The summed E-state index contributed by atoms with van der Waals surface area (Å²) in [6.07, 6.45) is 0. The molecule has 0 spiro atoms. The van der Waals surface area contributed by atoms with Crippen LogP contribution in [-0.4, -0.2) is 5.78 Å². The molecule has 0 amide bonds. The number of allylic oxidation sites excluding steroid dienone is 1. The molecule has 0 aliphatic heterocycles. The van der Waals surface area contributed by atoms with Crippen LogP contribution in [0.15, 0.2) is 24.8 Å². The number of hydrogen-bond donors (Lipinski definition) is 0. The summed E-state index contributed by atoms with van der Waals surface area (Å²) in [5, 5.41) is 0. The van der Waals surface area contributed by atoms with Gasteiger partial charge in [-0.1, -0.05) is 29.8 Å². The van der Waals surface area contributed by atoms with E-state index in [0.717, 1.165) is 22.3 Å². The van der Waals surface area contributed by atoms with E-state index in [9.17, 15) is 4.79 Å². The van der Waals surface area contributed by atoms with Crippen molar-refractivity contribution < 1.29 is 4.79 Å². The quantitative estimate of drug-likeness (QED) is 0.629. The van der Waals surface area contributed by atoms with Crippen molar-refractivity contribution in [1.82, 2.24) is 0 Å². The van der Waals surface area contributed by atoms with Crippen LogP contribution in [0.4, 0.5) is 0 Å². The summed E-state index contributed by atoms with van der Waals surface area (Å²) in [6, 6.07) is 5.86. The number of aryl methyl sites for hydroxylation is 1. The van der Waals surface area contributed by atoms with Crippen molar-refractivity contribution in [3.05, 3.63) is 41.5 Å². The zero-order valence-corrected chi connectivity index (χ0v) is 8.35. The Morgan fingerprint density at radius 2 is 1.85 bits per heavy atom. The van der Waals surface area contributed by atoms with Gasteiger partial charge < -0.3 is 0 Å². The van der Waals surface area contributed by atoms with Gasteiger partial charge in [0, 0.05) is 5.56 Å². The van der Waals surface area contributed by atoms with Gasteiger partial charge >= 0.3 is 0 Å². The van der Waals surface area contributed by atoms with E-state index in [-0.39, 0.29) is 5.78 Å². The smallest absolute Gasteiger partial charge is 0.160 e. The van der Waals surface area contributed by atoms with Gasteiger partial charge in [-0.15, -0.1) is 0 Å². The van der Waals surface area contributed by atoms with Crippen LogP contribution in [0.2, 0.25) is 0 Å². The third kappa shape index (κ3) is 2.05. The number of ketones is 1. The number of Topliss-reactive ketones (excluding diaryl/α,β-unsaturated/α-hetero) is 1. The summed E-state index contributed by atoms with van der Waals surface area (Å²) in [5.41, 5.74) is 3.77. The Balaban J connectivity index is 3.35. The fourth-order valence-corrected chi connectivity index (χ4v) is 1.32. The molecule has 0 heterocycles. The van der Waals surface area contributed by atoms with Crippen molar-refractivity contribution in [3.63, 3.8) is 0 Å². The second kappa shape index (κ2) is 3.56. The molecule has 1 aromatic rings. The molecule has 0 atom stereocenters. The van der Waals surface area contributed by atoms with Crippen LogP contribution in [-0.2, 0) is 0 Å². The van der Waals surface area contributed by atoms with Gasteiger partial charge in [-0.05, 0) is 32.4 Å². The monoisotopic (exact) mass is 174 g/mol. The molecule has 0 unspecified atom stereocenters. The van der Waals surface area contributed by atoms with E-state index in [1.807, 2.05) is 32.0 Å². The highest BCUT2D eigenvalue weighted by atomic mass is 16.1. The Kier molecular flexibility index (Phi) is 2.66. The molecule has 1 nitrogen and oxygen atoms in total. The van der Waals surface area contributed by atoms with E-state index in [2.05, 4.69) is 6.58 Å². The molecule has 1 aromatic carbocycles. The van der Waals surface area contributed by atoms with Gasteiger partial charge in [0.25, 0.3) is 0 Å². The molecule has 0 radical (unpaired) electrons. The van der Waals surface area contributed by atoms with Gasteiger partial charge in [-0.3, -0.25) is 4.79 Å². The van der Waals surface area contributed by atoms with Crippen molar-refractivity contribution in [2.45, 2.75) is 20.8 Å². The average molecular weight is 174 g/mol. The predicted octanol–water partition coefficient (Wildman–Crippen LogP) is 3.23. The Hall–Kier alpha value is -1.37. The van der Waals surface area contributed by atoms with Gasteiger partial charge in [0.1, 0.15) is 0 Å². The van der Waals surface area contributed by atoms with Crippen LogP contribution in [0.5, 0.6) is 0 Å². The van der Waals surface area contributed by atoms with Crippen LogP contribution in [0.3, 0.4) is 0 Å². The molecule has 1 heteroatoms. The standard InChI is InChI=1S/C12H14O/c1-8(2)11-6-5-9(3)7-12(11)10(4)13/h5-7H,1H2,2-4H3. The lowest BCUT2D eigenvalue weighted by atomic mass is 9.97. The van der Waals surface area contributed by atoms with Gasteiger partial charge in [0.15, 0.2) is 5.78 Å². The third-order valence-corrected chi connectivity index (χ3v) is 2.01. The highest BCUT2D eigenvalue weighted by Gasteiger charge is 2.06. The Labute approximate surface area is 79.1 Å². The van der Waals surface area contributed by atoms with E-state index < -0.39 is 0 Å². The maximum Gasteiger partial charge on any atom is 0.160 e. The first-order valence-corrected chi connectivity index (χ1v) is 4.30. The second-order valence-corrected chi connectivity index (χ2v) is 3.39. The van der Waals surface area contributed by atoms with E-state index in [1.54, 1.807) is 6.92 Å². The number of carbonyl (C=O) groups is 1. The summed E-state index contributed by atoms with van der Waals surface area (Å²) in [5.74, 6) is 0.0988. The van der Waals surface area contributed by atoms with Gasteiger partial charge in [-0.25, -0.2) is 0 Å². The van der Waals surface area contributed by atoms with Gasteiger partial charge in [0.05, 0.1) is 0 Å². The predicted molar refractivity (Wildman–Crippen MR) is 55.9 cm³/mol. The highest BCUT2D eigenvalue weighted by Crippen LogP contribution is 2.19. The first-order valence-electron chi connectivity index (χ1n) is 4.30. The summed E-state index contributed by atoms with van der Waals surface area (Å²) >= 11 is 0. The largest absolute Gasteiger partial charge is 0.294 e. The minimum atomic E-state index is 0.0988. The molecule has 0 saturated carbocycles. The lowest BCUT2D eigenvalue weighted by Crippen LogP contribution is -1.98. The Bertz CT molecular complexity index is 361. The molecule has 0 aromatic heterocycles. The Morgan fingerprint density at radius 1 is 1.23 bits per heavy atom. The molecule has 0 aliphatic rings. The van der Waals surface area contributed by atoms with Crippen LogP contribution in [0.25, 0.3) is 5.57 Å². The molecule has 0 saturated heterocycles. The maximum absolute atomic E-state index is 11.3. The summed E-state index contributed by atoms with van der Waals surface area (Å²) in [4.78, 5) is 11.3. The second-order valence-electron chi connectivity index (χ2n) is 3.39. The molecule has 1 rings (SSSR count). The average Bonchev–Trinajstić information content (AvgIpc) is 2.03. The summed E-state index contributed by atoms with van der Waals surface area (Å²) < 4.78 is 0. The normalized spacial score (nSPS) is 9.77. The molecular weight excluding hydrogens is 160 g/mol. The first kappa shape index (κ1) is 9.72. The van der Waals surface area contributed by atoms with Gasteiger partial charge in [-0.2, -0.15) is 0 Å². The van der Waals surface area contributed by atoms with Crippen molar-refractivity contribution >= 4 is 11.4 Å². The number of hydrogen-bond acceptors (Lipinski definition) is 1. The highest BCUT2D eigenvalue weighted by molar-refractivity contribution is 5.98. The molecule has 68 valence electrons.